The van der Waals surface area contributed by atoms with Crippen LogP contribution in [0.1, 0.15) is 0 Å². The van der Waals surface area contributed by atoms with Crippen molar-refractivity contribution in [3.8, 4) is 0 Å². The Balaban J connectivity index is 2.49. The van der Waals surface area contributed by atoms with E-state index in [-0.39, 0.29) is 0 Å². The van der Waals surface area contributed by atoms with Crippen LogP contribution in [0.3, 0.4) is 0 Å². The Morgan fingerprint density at radius 3 is 2.28 bits per heavy atom. The van der Waals surface area contributed by atoms with Crippen LogP contribution in [-0.4, -0.2) is 16.2 Å². The van der Waals surface area contributed by atoms with E-state index in [0.717, 1.165) is 4.90 Å². The molecule has 0 unspecified atom stereocenters. The molecule has 92 valence electrons. The molecule has 0 saturated carbocycles. The molecule has 2 aromatic rings. The molecule has 1 aromatic carbocycles. The molecule has 0 saturated heterocycles. The predicted molar refractivity (Wildman–Crippen MR) is 70.9 cm³/mol. The van der Waals surface area contributed by atoms with Gasteiger partial charge < -0.3 is 5.11 Å². The molecule has 1 aromatic heterocycles. The van der Waals surface area contributed by atoms with Crippen molar-refractivity contribution in [2.75, 3.05) is 4.90 Å². The minimum Gasteiger partial charge on any atom is -0.464 e. The van der Waals surface area contributed by atoms with Gasteiger partial charge in [-0.3, -0.25) is 4.98 Å². The van der Waals surface area contributed by atoms with E-state index in [4.69, 9.17) is 23.2 Å². The third-order valence-corrected chi connectivity index (χ3v) is 3.01. The fourth-order valence-electron chi connectivity index (χ4n) is 1.49. The Labute approximate surface area is 113 Å². The van der Waals surface area contributed by atoms with Gasteiger partial charge in [0.25, 0.3) is 0 Å². The van der Waals surface area contributed by atoms with Gasteiger partial charge >= 0.3 is 6.09 Å². The van der Waals surface area contributed by atoms with Gasteiger partial charge in [-0.05, 0) is 30.3 Å². The van der Waals surface area contributed by atoms with Crippen LogP contribution >= 0.6 is 23.2 Å². The van der Waals surface area contributed by atoms with Gasteiger partial charge in [0, 0.05) is 12.4 Å². The summed E-state index contributed by atoms with van der Waals surface area (Å²) in [6, 6.07) is 7.82. The van der Waals surface area contributed by atoms with Gasteiger partial charge in [-0.25, -0.2) is 9.69 Å². The van der Waals surface area contributed by atoms with Crippen molar-refractivity contribution in [3.63, 3.8) is 0 Å². The first-order chi connectivity index (χ1) is 8.59. The SMILES string of the molecule is O=C(O)N(c1ccncc1)c1ccc(Cl)c(Cl)c1. The average molecular weight is 283 g/mol. The summed E-state index contributed by atoms with van der Waals surface area (Å²) in [4.78, 5) is 16.3. The van der Waals surface area contributed by atoms with Crippen LogP contribution < -0.4 is 4.90 Å². The van der Waals surface area contributed by atoms with Gasteiger partial charge in [0.15, 0.2) is 0 Å². The molecule has 1 amide bonds. The zero-order valence-corrected chi connectivity index (χ0v) is 10.6. The van der Waals surface area contributed by atoms with Gasteiger partial charge in [-0.2, -0.15) is 0 Å². The van der Waals surface area contributed by atoms with Crippen LogP contribution in [0.5, 0.6) is 0 Å². The molecule has 0 aliphatic rings. The number of carbonyl (C=O) groups is 1. The molecule has 0 spiro atoms. The average Bonchev–Trinajstić information content (AvgIpc) is 2.35. The van der Waals surface area contributed by atoms with Crippen LogP contribution in [0, 0.1) is 0 Å². The van der Waals surface area contributed by atoms with Gasteiger partial charge in [-0.15, -0.1) is 0 Å². The normalized spacial score (nSPS) is 10.1. The summed E-state index contributed by atoms with van der Waals surface area (Å²) in [5.74, 6) is 0. The van der Waals surface area contributed by atoms with E-state index >= 15 is 0 Å². The first-order valence-electron chi connectivity index (χ1n) is 4.97. The van der Waals surface area contributed by atoms with Gasteiger partial charge in [0.2, 0.25) is 0 Å². The second kappa shape index (κ2) is 5.25. The van der Waals surface area contributed by atoms with Crippen molar-refractivity contribution in [2.24, 2.45) is 0 Å². The molecule has 0 atom stereocenters. The molecule has 0 fully saturated rings. The van der Waals surface area contributed by atoms with E-state index in [2.05, 4.69) is 4.98 Å². The number of carboxylic acid groups (broad SMARTS) is 1. The molecule has 1 heterocycles. The molecular weight excluding hydrogens is 275 g/mol. The number of rotatable bonds is 2. The third kappa shape index (κ3) is 2.55. The van der Waals surface area contributed by atoms with E-state index in [1.807, 2.05) is 0 Å². The van der Waals surface area contributed by atoms with Crippen molar-refractivity contribution in [1.29, 1.82) is 0 Å². The highest BCUT2D eigenvalue weighted by molar-refractivity contribution is 6.42. The summed E-state index contributed by atoms with van der Waals surface area (Å²) >= 11 is 11.7. The lowest BCUT2D eigenvalue weighted by Gasteiger charge is -2.19. The zero-order chi connectivity index (χ0) is 13.1. The first kappa shape index (κ1) is 12.7. The van der Waals surface area contributed by atoms with Crippen molar-refractivity contribution in [1.82, 2.24) is 4.98 Å². The van der Waals surface area contributed by atoms with Crippen molar-refractivity contribution in [3.05, 3.63) is 52.8 Å². The topological polar surface area (TPSA) is 53.4 Å². The lowest BCUT2D eigenvalue weighted by atomic mass is 10.2. The van der Waals surface area contributed by atoms with Crippen molar-refractivity contribution >= 4 is 40.7 Å². The van der Waals surface area contributed by atoms with Crippen LogP contribution in [0.2, 0.25) is 10.0 Å². The number of anilines is 2. The number of aromatic nitrogens is 1. The monoisotopic (exact) mass is 282 g/mol. The molecule has 2 rings (SSSR count). The van der Waals surface area contributed by atoms with Crippen LogP contribution in [0.15, 0.2) is 42.7 Å². The Morgan fingerprint density at radius 1 is 1.06 bits per heavy atom. The summed E-state index contributed by atoms with van der Waals surface area (Å²) in [5.41, 5.74) is 0.902. The van der Waals surface area contributed by atoms with E-state index in [9.17, 15) is 9.90 Å². The Hall–Kier alpha value is -1.78. The quantitative estimate of drug-likeness (QED) is 0.898. The Morgan fingerprint density at radius 2 is 1.72 bits per heavy atom. The third-order valence-electron chi connectivity index (χ3n) is 2.27. The van der Waals surface area contributed by atoms with Gasteiger partial charge in [0.1, 0.15) is 0 Å². The largest absolute Gasteiger partial charge is 0.464 e. The van der Waals surface area contributed by atoms with E-state index in [1.54, 1.807) is 24.3 Å². The lowest BCUT2D eigenvalue weighted by Crippen LogP contribution is -2.23. The second-order valence-electron chi connectivity index (χ2n) is 3.42. The maximum atomic E-state index is 11.3. The highest BCUT2D eigenvalue weighted by Crippen LogP contribution is 2.31. The minimum atomic E-state index is -1.11. The molecule has 0 aliphatic heterocycles. The van der Waals surface area contributed by atoms with Crippen LogP contribution in [-0.2, 0) is 0 Å². The molecular formula is C12H8Cl2N2O2. The second-order valence-corrected chi connectivity index (χ2v) is 4.24. The molecule has 6 heteroatoms. The summed E-state index contributed by atoms with van der Waals surface area (Å²) in [7, 11) is 0. The van der Waals surface area contributed by atoms with Crippen LogP contribution in [0.4, 0.5) is 16.2 Å². The Kier molecular flexibility index (Phi) is 3.69. The highest BCUT2D eigenvalue weighted by atomic mass is 35.5. The lowest BCUT2D eigenvalue weighted by molar-refractivity contribution is 0.205. The molecule has 0 aliphatic carbocycles. The number of benzene rings is 1. The number of hydrogen-bond donors (Lipinski definition) is 1. The summed E-state index contributed by atoms with van der Waals surface area (Å²) in [6.45, 7) is 0. The van der Waals surface area contributed by atoms with E-state index in [0.29, 0.717) is 21.4 Å². The van der Waals surface area contributed by atoms with Crippen molar-refractivity contribution < 1.29 is 9.90 Å². The van der Waals surface area contributed by atoms with Crippen LogP contribution in [0.25, 0.3) is 0 Å². The molecule has 18 heavy (non-hydrogen) atoms. The number of halogens is 2. The number of pyridine rings is 1. The summed E-state index contributed by atoms with van der Waals surface area (Å²) < 4.78 is 0. The fourth-order valence-corrected chi connectivity index (χ4v) is 1.78. The smallest absolute Gasteiger partial charge is 0.416 e. The number of nitrogens with zero attached hydrogens (tertiary/aromatic N) is 2. The maximum Gasteiger partial charge on any atom is 0.416 e. The van der Waals surface area contributed by atoms with Crippen molar-refractivity contribution in [2.45, 2.75) is 0 Å². The molecule has 1 N–H and O–H groups in total. The summed E-state index contributed by atoms with van der Waals surface area (Å²) in [6.07, 6.45) is 1.92. The predicted octanol–water partition coefficient (Wildman–Crippen LogP) is 4.20. The van der Waals surface area contributed by atoms with Gasteiger partial charge in [-0.1, -0.05) is 23.2 Å². The van der Waals surface area contributed by atoms with Gasteiger partial charge in [0.05, 0.1) is 21.4 Å². The molecule has 0 bridgehead atoms. The molecule has 4 nitrogen and oxygen atoms in total. The van der Waals surface area contributed by atoms with E-state index < -0.39 is 6.09 Å². The van der Waals surface area contributed by atoms with E-state index in [1.165, 1.54) is 18.5 Å². The first-order valence-corrected chi connectivity index (χ1v) is 5.73. The Bertz CT molecular complexity index is 576. The zero-order valence-electron chi connectivity index (χ0n) is 9.05. The standard InChI is InChI=1S/C12H8Cl2N2O2/c13-10-2-1-9(7-11(10)14)16(12(17)18)8-3-5-15-6-4-8/h1-7H,(H,17,18). The maximum absolute atomic E-state index is 11.3. The number of hydrogen-bond acceptors (Lipinski definition) is 2. The number of amides is 1. The summed E-state index contributed by atoms with van der Waals surface area (Å²) in [5, 5.41) is 9.95. The highest BCUT2D eigenvalue weighted by Gasteiger charge is 2.17. The fraction of sp³-hybridized carbons (Fsp3) is 0. The minimum absolute atomic E-state index is 0.300. The molecule has 0 radical (unpaired) electrons.